The molecule has 2 aromatic heterocycles. The van der Waals surface area contributed by atoms with Crippen LogP contribution in [0.2, 0.25) is 0 Å². The summed E-state index contributed by atoms with van der Waals surface area (Å²) in [5, 5.41) is 0. The number of nitrogen functional groups attached to an aromatic ring is 1. The average Bonchev–Trinajstić information content (AvgIpc) is 2.84. The van der Waals surface area contributed by atoms with E-state index < -0.39 is 0 Å². The van der Waals surface area contributed by atoms with Crippen LogP contribution in [0.15, 0.2) is 23.2 Å². The Morgan fingerprint density at radius 1 is 1.30 bits per heavy atom. The summed E-state index contributed by atoms with van der Waals surface area (Å²) in [6.07, 6.45) is 8.53. The molecular formula is C16H21N5O2. The molecule has 0 spiro atoms. The van der Waals surface area contributed by atoms with Crippen LogP contribution < -0.4 is 5.73 Å². The second kappa shape index (κ2) is 6.76. The fourth-order valence-electron chi connectivity index (χ4n) is 2.99. The molecule has 2 N–H and O–H groups in total. The summed E-state index contributed by atoms with van der Waals surface area (Å²) >= 11 is 0. The number of carbonyl (C=O) groups is 1. The monoisotopic (exact) mass is 315 g/mol. The van der Waals surface area contributed by atoms with Crippen LogP contribution in [0.25, 0.3) is 0 Å². The molecule has 1 amide bonds. The molecule has 0 unspecified atom stereocenters. The first-order chi connectivity index (χ1) is 11.1. The molecule has 23 heavy (non-hydrogen) atoms. The van der Waals surface area contributed by atoms with Gasteiger partial charge in [-0.25, -0.2) is 9.97 Å². The van der Waals surface area contributed by atoms with Gasteiger partial charge >= 0.3 is 0 Å². The van der Waals surface area contributed by atoms with Crippen molar-refractivity contribution in [3.63, 3.8) is 0 Å². The molecule has 3 rings (SSSR count). The number of likely N-dealkylation sites (tertiary alicyclic amines) is 1. The van der Waals surface area contributed by atoms with Gasteiger partial charge in [-0.3, -0.25) is 9.78 Å². The zero-order chi connectivity index (χ0) is 16.2. The van der Waals surface area contributed by atoms with Gasteiger partial charge in [0.25, 0.3) is 5.91 Å². The molecular weight excluding hydrogens is 294 g/mol. The standard InChI is InChI=1S/C16H21N5O2/c1-11-15(23-10-20-11)16(22)21-5-2-3-12(4-6-21)7-13-8-19-14(17)9-18-13/h8-10,12H,2-7H2,1H3,(H2,17,19)/t12-/m0/s1. The Morgan fingerprint density at radius 3 is 2.87 bits per heavy atom. The third kappa shape index (κ3) is 3.67. The Bertz CT molecular complexity index is 667. The van der Waals surface area contributed by atoms with Gasteiger partial charge in [-0.2, -0.15) is 0 Å². The number of aryl methyl sites for hydroxylation is 1. The van der Waals surface area contributed by atoms with E-state index in [2.05, 4.69) is 15.0 Å². The minimum atomic E-state index is -0.0621. The smallest absolute Gasteiger partial charge is 0.291 e. The number of amides is 1. The predicted molar refractivity (Wildman–Crippen MR) is 84.6 cm³/mol. The molecule has 1 aliphatic heterocycles. The third-order valence-corrected chi connectivity index (χ3v) is 4.30. The zero-order valence-corrected chi connectivity index (χ0v) is 13.2. The largest absolute Gasteiger partial charge is 0.438 e. The first-order valence-electron chi connectivity index (χ1n) is 7.89. The summed E-state index contributed by atoms with van der Waals surface area (Å²) in [7, 11) is 0. The van der Waals surface area contributed by atoms with Crippen LogP contribution in [0.3, 0.4) is 0 Å². The number of anilines is 1. The lowest BCUT2D eigenvalue weighted by Gasteiger charge is -2.19. The van der Waals surface area contributed by atoms with Crippen molar-refractivity contribution in [3.05, 3.63) is 35.9 Å². The van der Waals surface area contributed by atoms with Crippen molar-refractivity contribution in [1.29, 1.82) is 0 Å². The van der Waals surface area contributed by atoms with Crippen LogP contribution in [0.1, 0.15) is 41.2 Å². The highest BCUT2D eigenvalue weighted by molar-refractivity contribution is 5.92. The van der Waals surface area contributed by atoms with E-state index in [1.54, 1.807) is 19.3 Å². The van der Waals surface area contributed by atoms with Gasteiger partial charge < -0.3 is 15.1 Å². The summed E-state index contributed by atoms with van der Waals surface area (Å²) in [6, 6.07) is 0. The van der Waals surface area contributed by atoms with E-state index in [1.165, 1.54) is 6.39 Å². The second-order valence-electron chi connectivity index (χ2n) is 5.99. The molecule has 0 aromatic carbocycles. The van der Waals surface area contributed by atoms with Gasteiger partial charge in [0.15, 0.2) is 6.39 Å². The molecule has 3 heterocycles. The molecule has 1 aliphatic rings. The minimum Gasteiger partial charge on any atom is -0.438 e. The summed E-state index contributed by atoms with van der Waals surface area (Å²) in [5.41, 5.74) is 7.16. The topological polar surface area (TPSA) is 98.1 Å². The first-order valence-corrected chi connectivity index (χ1v) is 7.89. The highest BCUT2D eigenvalue weighted by Crippen LogP contribution is 2.22. The van der Waals surface area contributed by atoms with Gasteiger partial charge in [-0.15, -0.1) is 0 Å². The van der Waals surface area contributed by atoms with Gasteiger partial charge in [0, 0.05) is 13.1 Å². The van der Waals surface area contributed by atoms with E-state index in [1.807, 2.05) is 4.90 Å². The molecule has 122 valence electrons. The van der Waals surface area contributed by atoms with E-state index >= 15 is 0 Å². The van der Waals surface area contributed by atoms with Crippen LogP contribution in [0.5, 0.6) is 0 Å². The Morgan fingerprint density at radius 2 is 2.17 bits per heavy atom. The van der Waals surface area contributed by atoms with Crippen molar-refractivity contribution in [2.75, 3.05) is 18.8 Å². The maximum atomic E-state index is 12.5. The summed E-state index contributed by atoms with van der Waals surface area (Å²) in [4.78, 5) is 26.8. The van der Waals surface area contributed by atoms with Crippen molar-refractivity contribution in [2.24, 2.45) is 5.92 Å². The Balaban J connectivity index is 1.60. The van der Waals surface area contributed by atoms with Crippen LogP contribution in [-0.2, 0) is 6.42 Å². The number of hydrogen-bond donors (Lipinski definition) is 1. The molecule has 1 saturated heterocycles. The molecule has 0 saturated carbocycles. The maximum absolute atomic E-state index is 12.5. The highest BCUT2D eigenvalue weighted by atomic mass is 16.3. The minimum absolute atomic E-state index is 0.0621. The number of aromatic nitrogens is 3. The van der Waals surface area contributed by atoms with Crippen LogP contribution in [0.4, 0.5) is 5.82 Å². The molecule has 2 aromatic rings. The SMILES string of the molecule is Cc1ncoc1C(=O)N1CCC[C@H](Cc2cnc(N)cn2)CC1. The van der Waals surface area contributed by atoms with Gasteiger partial charge in [-0.1, -0.05) is 0 Å². The number of nitrogens with two attached hydrogens (primary N) is 1. The van der Waals surface area contributed by atoms with E-state index in [0.717, 1.165) is 44.5 Å². The average molecular weight is 315 g/mol. The third-order valence-electron chi connectivity index (χ3n) is 4.30. The van der Waals surface area contributed by atoms with Crippen LogP contribution in [-0.4, -0.2) is 38.8 Å². The zero-order valence-electron chi connectivity index (χ0n) is 13.2. The molecule has 1 fully saturated rings. The van der Waals surface area contributed by atoms with Gasteiger partial charge in [0.1, 0.15) is 5.82 Å². The van der Waals surface area contributed by atoms with Crippen LogP contribution >= 0.6 is 0 Å². The van der Waals surface area contributed by atoms with Crippen molar-refractivity contribution < 1.29 is 9.21 Å². The predicted octanol–water partition coefficient (Wildman–Crippen LogP) is 1.84. The van der Waals surface area contributed by atoms with Crippen molar-refractivity contribution in [2.45, 2.75) is 32.6 Å². The Hall–Kier alpha value is -2.44. The van der Waals surface area contributed by atoms with Crippen molar-refractivity contribution in [3.8, 4) is 0 Å². The highest BCUT2D eigenvalue weighted by Gasteiger charge is 2.25. The lowest BCUT2D eigenvalue weighted by atomic mass is 9.95. The summed E-state index contributed by atoms with van der Waals surface area (Å²) in [5.74, 6) is 1.23. The molecule has 7 heteroatoms. The lowest BCUT2D eigenvalue weighted by molar-refractivity contribution is 0.0727. The van der Waals surface area contributed by atoms with E-state index in [4.69, 9.17) is 10.2 Å². The number of oxazole rings is 1. The maximum Gasteiger partial charge on any atom is 0.291 e. The lowest BCUT2D eigenvalue weighted by Crippen LogP contribution is -2.32. The fourth-order valence-corrected chi connectivity index (χ4v) is 2.99. The van der Waals surface area contributed by atoms with Gasteiger partial charge in [-0.05, 0) is 38.5 Å². The molecule has 1 atom stereocenters. The quantitative estimate of drug-likeness (QED) is 0.928. The number of nitrogens with zero attached hydrogens (tertiary/aromatic N) is 4. The first kappa shape index (κ1) is 15.5. The number of rotatable bonds is 3. The number of carbonyl (C=O) groups excluding carboxylic acids is 1. The summed E-state index contributed by atoms with van der Waals surface area (Å²) < 4.78 is 5.22. The number of hydrogen-bond acceptors (Lipinski definition) is 6. The van der Waals surface area contributed by atoms with Gasteiger partial charge in [0.05, 0.1) is 23.8 Å². The van der Waals surface area contributed by atoms with Crippen molar-refractivity contribution in [1.82, 2.24) is 19.9 Å². The van der Waals surface area contributed by atoms with Crippen molar-refractivity contribution >= 4 is 11.7 Å². The molecule has 0 radical (unpaired) electrons. The van der Waals surface area contributed by atoms with E-state index in [-0.39, 0.29) is 5.91 Å². The molecule has 7 nitrogen and oxygen atoms in total. The molecule has 0 bridgehead atoms. The summed E-state index contributed by atoms with van der Waals surface area (Å²) in [6.45, 7) is 3.27. The molecule has 0 aliphatic carbocycles. The normalized spacial score (nSPS) is 18.7. The van der Waals surface area contributed by atoms with E-state index in [0.29, 0.717) is 23.2 Å². The second-order valence-corrected chi connectivity index (χ2v) is 5.99. The van der Waals surface area contributed by atoms with E-state index in [9.17, 15) is 4.79 Å². The van der Waals surface area contributed by atoms with Crippen LogP contribution in [0, 0.1) is 12.8 Å². The van der Waals surface area contributed by atoms with Gasteiger partial charge in [0.2, 0.25) is 5.76 Å². The fraction of sp³-hybridized carbons (Fsp3) is 0.500. The Labute approximate surface area is 134 Å². The Kier molecular flexibility index (Phi) is 4.55.